The quantitative estimate of drug-likeness (QED) is 0.415. The van der Waals surface area contributed by atoms with E-state index in [2.05, 4.69) is 28.7 Å². The third-order valence-electron chi connectivity index (χ3n) is 4.51. The Morgan fingerprint density at radius 2 is 1.90 bits per heavy atom. The van der Waals surface area contributed by atoms with Gasteiger partial charge in [0.2, 0.25) is 4.80 Å². The Kier molecular flexibility index (Phi) is 6.41. The Balaban J connectivity index is 1.68. The third kappa shape index (κ3) is 4.53. The van der Waals surface area contributed by atoms with E-state index in [1.54, 1.807) is 41.0 Å². The van der Waals surface area contributed by atoms with E-state index in [1.807, 2.05) is 40.4 Å². The van der Waals surface area contributed by atoms with E-state index in [-0.39, 0.29) is 5.75 Å². The van der Waals surface area contributed by atoms with Gasteiger partial charge in [0, 0.05) is 17.5 Å². The molecule has 0 spiro atoms. The van der Waals surface area contributed by atoms with Gasteiger partial charge in [0.25, 0.3) is 0 Å². The number of phenolic OH excluding ortho intramolecular Hbond substituents is 1. The molecule has 152 valence electrons. The molecule has 7 heteroatoms. The Morgan fingerprint density at radius 3 is 2.67 bits per heavy atom. The van der Waals surface area contributed by atoms with Crippen molar-refractivity contribution < 1.29 is 9.84 Å². The first-order valence-corrected chi connectivity index (χ1v) is 11.2. The number of hydrogen-bond donors (Lipinski definition) is 1. The highest BCUT2D eigenvalue weighted by molar-refractivity contribution is 7.14. The number of methoxy groups -OCH3 is 1. The molecule has 0 amide bonds. The summed E-state index contributed by atoms with van der Waals surface area (Å²) in [6.07, 6.45) is 2.51. The lowest BCUT2D eigenvalue weighted by molar-refractivity contribution is 0.373. The molecule has 30 heavy (non-hydrogen) atoms. The van der Waals surface area contributed by atoms with E-state index in [4.69, 9.17) is 9.73 Å². The molecular formula is C23H21N3O2S2. The van der Waals surface area contributed by atoms with Gasteiger partial charge in [-0.15, -0.1) is 22.7 Å². The van der Waals surface area contributed by atoms with Crippen LogP contribution in [-0.2, 0) is 6.42 Å². The number of benzene rings is 2. The standard InChI is InChI=1S/C23H21N3O2S2/c1-28-20-10-5-9-18(22(20)27)15-25-26-19(21-11-6-14-29-21)16-30-23(26)24-13-12-17-7-3-2-4-8-17/h2-11,14-16,27H,12-13H2,1H3. The minimum absolute atomic E-state index is 0.0693. The van der Waals surface area contributed by atoms with Gasteiger partial charge < -0.3 is 9.84 Å². The van der Waals surface area contributed by atoms with Crippen LogP contribution in [0, 0.1) is 0 Å². The molecule has 0 aliphatic rings. The molecule has 2 aromatic heterocycles. The van der Waals surface area contributed by atoms with Crippen LogP contribution >= 0.6 is 22.7 Å². The maximum absolute atomic E-state index is 10.4. The Bertz CT molecular complexity index is 1190. The number of rotatable bonds is 7. The van der Waals surface area contributed by atoms with Crippen LogP contribution in [0.15, 0.2) is 81.5 Å². The van der Waals surface area contributed by atoms with Crippen LogP contribution in [0.1, 0.15) is 11.1 Å². The summed E-state index contributed by atoms with van der Waals surface area (Å²) in [5.41, 5.74) is 2.82. The molecule has 0 fully saturated rings. The predicted octanol–water partition coefficient (Wildman–Crippen LogP) is 5.02. The van der Waals surface area contributed by atoms with Crippen molar-refractivity contribution in [2.45, 2.75) is 6.42 Å². The van der Waals surface area contributed by atoms with Crippen molar-refractivity contribution in [3.63, 3.8) is 0 Å². The fourth-order valence-electron chi connectivity index (χ4n) is 2.97. The minimum Gasteiger partial charge on any atom is -0.504 e. The molecule has 0 saturated heterocycles. The van der Waals surface area contributed by atoms with Gasteiger partial charge in [0.15, 0.2) is 11.5 Å². The predicted molar refractivity (Wildman–Crippen MR) is 124 cm³/mol. The fraction of sp³-hybridized carbons (Fsp3) is 0.130. The van der Waals surface area contributed by atoms with Crippen LogP contribution in [0.5, 0.6) is 11.5 Å². The summed E-state index contributed by atoms with van der Waals surface area (Å²) in [7, 11) is 1.53. The molecule has 0 radical (unpaired) electrons. The van der Waals surface area contributed by atoms with Crippen LogP contribution < -0.4 is 9.54 Å². The number of ether oxygens (including phenoxy) is 1. The summed E-state index contributed by atoms with van der Waals surface area (Å²) < 4.78 is 7.02. The van der Waals surface area contributed by atoms with Crippen molar-refractivity contribution in [2.75, 3.05) is 13.7 Å². The minimum atomic E-state index is 0.0693. The van der Waals surface area contributed by atoms with Gasteiger partial charge in [-0.1, -0.05) is 42.5 Å². The fourth-order valence-corrected chi connectivity index (χ4v) is 4.62. The largest absolute Gasteiger partial charge is 0.504 e. The zero-order valence-electron chi connectivity index (χ0n) is 16.4. The van der Waals surface area contributed by atoms with Crippen LogP contribution in [0.4, 0.5) is 0 Å². The molecule has 5 nitrogen and oxygen atoms in total. The summed E-state index contributed by atoms with van der Waals surface area (Å²) in [6, 6.07) is 19.7. The van der Waals surface area contributed by atoms with E-state index < -0.39 is 0 Å². The van der Waals surface area contributed by atoms with Crippen molar-refractivity contribution in [1.29, 1.82) is 0 Å². The molecule has 0 bridgehead atoms. The number of thiazole rings is 1. The number of phenols is 1. The molecule has 0 aliphatic carbocycles. The zero-order valence-corrected chi connectivity index (χ0v) is 18.1. The van der Waals surface area contributed by atoms with Crippen molar-refractivity contribution in [1.82, 2.24) is 4.68 Å². The van der Waals surface area contributed by atoms with E-state index in [0.717, 1.165) is 21.8 Å². The Morgan fingerprint density at radius 1 is 1.03 bits per heavy atom. The first-order chi connectivity index (χ1) is 14.8. The Labute approximate surface area is 182 Å². The van der Waals surface area contributed by atoms with Gasteiger partial charge in [-0.25, -0.2) is 4.68 Å². The van der Waals surface area contributed by atoms with Gasteiger partial charge >= 0.3 is 0 Å². The van der Waals surface area contributed by atoms with Gasteiger partial charge in [-0.2, -0.15) is 5.10 Å². The second kappa shape index (κ2) is 9.56. The second-order valence-electron chi connectivity index (χ2n) is 6.45. The molecule has 4 aromatic rings. The van der Waals surface area contributed by atoms with Crippen molar-refractivity contribution in [3.8, 4) is 22.1 Å². The first-order valence-electron chi connectivity index (χ1n) is 9.45. The highest BCUT2D eigenvalue weighted by atomic mass is 32.1. The first kappa shape index (κ1) is 20.1. The lowest BCUT2D eigenvalue weighted by Crippen LogP contribution is -2.13. The monoisotopic (exact) mass is 435 g/mol. The van der Waals surface area contributed by atoms with E-state index in [0.29, 0.717) is 17.9 Å². The average Bonchev–Trinajstić information content (AvgIpc) is 3.44. The zero-order chi connectivity index (χ0) is 20.8. The third-order valence-corrected chi connectivity index (χ3v) is 6.26. The van der Waals surface area contributed by atoms with Crippen LogP contribution in [-0.4, -0.2) is 29.7 Å². The molecule has 0 atom stereocenters. The number of thiophene rings is 1. The number of aromatic hydroxyl groups is 1. The van der Waals surface area contributed by atoms with E-state index >= 15 is 0 Å². The summed E-state index contributed by atoms with van der Waals surface area (Å²) in [6.45, 7) is 0.675. The molecule has 1 N–H and O–H groups in total. The number of para-hydroxylation sites is 1. The number of hydrogen-bond acceptors (Lipinski definition) is 6. The molecular weight excluding hydrogens is 414 g/mol. The maximum Gasteiger partial charge on any atom is 0.206 e. The lowest BCUT2D eigenvalue weighted by Gasteiger charge is -2.05. The second-order valence-corrected chi connectivity index (χ2v) is 8.24. The maximum atomic E-state index is 10.4. The average molecular weight is 436 g/mol. The number of nitrogens with zero attached hydrogens (tertiary/aromatic N) is 3. The summed E-state index contributed by atoms with van der Waals surface area (Å²) >= 11 is 3.21. The lowest BCUT2D eigenvalue weighted by atomic mass is 10.2. The van der Waals surface area contributed by atoms with Gasteiger partial charge in [0.1, 0.15) is 0 Å². The van der Waals surface area contributed by atoms with Crippen LogP contribution in [0.3, 0.4) is 0 Å². The normalized spacial score (nSPS) is 12.0. The highest BCUT2D eigenvalue weighted by Gasteiger charge is 2.09. The molecule has 2 heterocycles. The van der Waals surface area contributed by atoms with Gasteiger partial charge in [-0.05, 0) is 35.6 Å². The SMILES string of the molecule is COc1cccc(C=Nn2c(-c3cccs3)csc2=NCCc2ccccc2)c1O. The van der Waals surface area contributed by atoms with Crippen LogP contribution in [0.2, 0.25) is 0 Å². The van der Waals surface area contributed by atoms with Crippen molar-refractivity contribution >= 4 is 28.9 Å². The molecule has 0 aliphatic heterocycles. The summed E-state index contributed by atoms with van der Waals surface area (Å²) in [5, 5.41) is 19.1. The van der Waals surface area contributed by atoms with Crippen molar-refractivity contribution in [3.05, 3.63) is 87.4 Å². The topological polar surface area (TPSA) is 59.1 Å². The van der Waals surface area contributed by atoms with E-state index in [9.17, 15) is 5.11 Å². The van der Waals surface area contributed by atoms with Crippen LogP contribution in [0.25, 0.3) is 10.6 Å². The highest BCUT2D eigenvalue weighted by Crippen LogP contribution is 2.29. The molecule has 4 rings (SSSR count). The number of aromatic nitrogens is 1. The molecule has 2 aromatic carbocycles. The summed E-state index contributed by atoms with van der Waals surface area (Å²) in [4.78, 5) is 6.71. The van der Waals surface area contributed by atoms with Crippen molar-refractivity contribution in [2.24, 2.45) is 10.1 Å². The summed E-state index contributed by atoms with van der Waals surface area (Å²) in [5.74, 6) is 0.486. The van der Waals surface area contributed by atoms with Gasteiger partial charge in [-0.3, -0.25) is 4.99 Å². The Hall–Kier alpha value is -3.16. The molecule has 0 unspecified atom stereocenters. The molecule has 0 saturated carbocycles. The van der Waals surface area contributed by atoms with Gasteiger partial charge in [0.05, 0.1) is 23.9 Å². The smallest absolute Gasteiger partial charge is 0.206 e. The van der Waals surface area contributed by atoms with E-state index in [1.165, 1.54) is 12.7 Å².